The van der Waals surface area contributed by atoms with E-state index < -0.39 is 25.8 Å². The SMILES string of the molecule is CCCCS(CCCC)(CC(=O)C(C)(C)C)[OH+]S(=O)(=O)c1ccc(C)cc1. The molecule has 0 spiro atoms. The highest BCUT2D eigenvalue weighted by Crippen LogP contribution is 2.51. The van der Waals surface area contributed by atoms with Gasteiger partial charge in [0.25, 0.3) is 0 Å². The first-order valence-electron chi connectivity index (χ1n) is 9.81. The Labute approximate surface area is 167 Å². The van der Waals surface area contributed by atoms with Crippen LogP contribution in [-0.4, -0.2) is 35.1 Å². The van der Waals surface area contributed by atoms with Crippen LogP contribution in [0.25, 0.3) is 0 Å². The fraction of sp³-hybridized carbons (Fsp3) is 0.667. The van der Waals surface area contributed by atoms with Crippen molar-refractivity contribution in [2.24, 2.45) is 5.41 Å². The van der Waals surface area contributed by atoms with Gasteiger partial charge in [-0.1, -0.05) is 65.2 Å². The largest absolute Gasteiger partial charge is 0.421 e. The summed E-state index contributed by atoms with van der Waals surface area (Å²) in [6, 6.07) is 6.81. The number of rotatable bonds is 11. The molecule has 0 aliphatic heterocycles. The van der Waals surface area contributed by atoms with Gasteiger partial charge in [0, 0.05) is 16.9 Å². The van der Waals surface area contributed by atoms with Gasteiger partial charge in [-0.15, -0.1) is 8.42 Å². The van der Waals surface area contributed by atoms with Gasteiger partial charge >= 0.3 is 10.1 Å². The summed E-state index contributed by atoms with van der Waals surface area (Å²) in [6.07, 6.45) is 3.71. The van der Waals surface area contributed by atoms with Crippen molar-refractivity contribution in [2.45, 2.75) is 72.1 Å². The third-order valence-electron chi connectivity index (χ3n) is 4.57. The summed E-state index contributed by atoms with van der Waals surface area (Å²) in [4.78, 5) is 13.1. The normalized spacial score (nSPS) is 13.6. The molecular formula is C21H37O4S2+. The molecule has 0 saturated carbocycles. The fourth-order valence-electron chi connectivity index (χ4n) is 2.60. The molecule has 1 aromatic carbocycles. The van der Waals surface area contributed by atoms with E-state index in [-0.39, 0.29) is 16.4 Å². The Balaban J connectivity index is 3.27. The smallest absolute Gasteiger partial charge is 0.298 e. The van der Waals surface area contributed by atoms with E-state index in [1.165, 1.54) is 0 Å². The van der Waals surface area contributed by atoms with Crippen molar-refractivity contribution in [3.63, 3.8) is 0 Å². The van der Waals surface area contributed by atoms with Gasteiger partial charge in [-0.2, -0.15) is 0 Å². The molecule has 0 unspecified atom stereocenters. The third-order valence-corrected chi connectivity index (χ3v) is 10.4. The molecule has 0 heterocycles. The average molecular weight is 418 g/mol. The number of hydrogen-bond acceptors (Lipinski definition) is 3. The van der Waals surface area contributed by atoms with Crippen molar-refractivity contribution >= 4 is 26.2 Å². The van der Waals surface area contributed by atoms with Crippen LogP contribution in [0.1, 0.15) is 65.9 Å². The van der Waals surface area contributed by atoms with Gasteiger partial charge in [0.05, 0.1) is 5.75 Å². The zero-order valence-corrected chi connectivity index (χ0v) is 19.4. The van der Waals surface area contributed by atoms with Crippen molar-refractivity contribution in [1.82, 2.24) is 0 Å². The second kappa shape index (κ2) is 10.1. The molecule has 0 bridgehead atoms. The molecule has 1 aromatic rings. The first-order chi connectivity index (χ1) is 12.5. The van der Waals surface area contributed by atoms with Crippen LogP contribution in [0.5, 0.6) is 0 Å². The van der Waals surface area contributed by atoms with E-state index >= 15 is 0 Å². The van der Waals surface area contributed by atoms with Crippen LogP contribution in [0.15, 0.2) is 29.2 Å². The monoisotopic (exact) mass is 417 g/mol. The summed E-state index contributed by atoms with van der Waals surface area (Å²) in [6.45, 7) is 11.8. The summed E-state index contributed by atoms with van der Waals surface area (Å²) < 4.78 is 30.6. The number of hydrogen-bond donors (Lipinski definition) is 0. The minimum atomic E-state index is -3.78. The number of ketones is 1. The molecule has 0 atom stereocenters. The molecule has 0 aromatic heterocycles. The lowest BCUT2D eigenvalue weighted by Gasteiger charge is -2.35. The maximum Gasteiger partial charge on any atom is 0.421 e. The Morgan fingerprint density at radius 2 is 1.44 bits per heavy atom. The van der Waals surface area contributed by atoms with E-state index in [1.807, 2.05) is 27.7 Å². The Morgan fingerprint density at radius 1 is 0.963 bits per heavy atom. The van der Waals surface area contributed by atoms with Gasteiger partial charge in [0.2, 0.25) is 0 Å². The molecule has 0 aliphatic rings. The Bertz CT molecular complexity index is 693. The second-order valence-corrected chi connectivity index (χ2v) is 13.4. The van der Waals surface area contributed by atoms with Crippen molar-refractivity contribution in [3.8, 4) is 0 Å². The predicted octanol–water partition coefficient (Wildman–Crippen LogP) is 5.71. The fourth-order valence-corrected chi connectivity index (χ4v) is 8.96. The van der Waals surface area contributed by atoms with Gasteiger partial charge < -0.3 is 0 Å². The lowest BCUT2D eigenvalue weighted by atomic mass is 9.92. The molecule has 27 heavy (non-hydrogen) atoms. The van der Waals surface area contributed by atoms with Crippen molar-refractivity contribution < 1.29 is 16.8 Å². The number of carbonyl (C=O) groups is 1. The minimum absolute atomic E-state index is 0.104. The number of benzene rings is 1. The number of unbranched alkanes of at least 4 members (excludes halogenated alkanes) is 2. The first-order valence-corrected chi connectivity index (χ1v) is 13.3. The van der Waals surface area contributed by atoms with Crippen LogP contribution in [0.2, 0.25) is 0 Å². The zero-order chi connectivity index (χ0) is 20.7. The van der Waals surface area contributed by atoms with Crippen molar-refractivity contribution in [1.29, 1.82) is 0 Å². The van der Waals surface area contributed by atoms with Gasteiger partial charge in [0.15, 0.2) is 5.78 Å². The maximum atomic E-state index is 13.1. The average Bonchev–Trinajstić information content (AvgIpc) is 2.57. The molecule has 0 amide bonds. The molecule has 156 valence electrons. The van der Waals surface area contributed by atoms with Gasteiger partial charge in [0.1, 0.15) is 4.90 Å². The number of Topliss-reactive ketones (excluding diaryl/α,β-unsaturated/α-hetero) is 1. The van der Waals surface area contributed by atoms with E-state index in [1.54, 1.807) is 24.3 Å². The molecule has 0 fully saturated rings. The minimum Gasteiger partial charge on any atom is -0.298 e. The highest BCUT2D eigenvalue weighted by Gasteiger charge is 2.40. The van der Waals surface area contributed by atoms with Crippen LogP contribution in [0, 0.1) is 12.3 Å². The highest BCUT2D eigenvalue weighted by atomic mass is 32.3. The van der Waals surface area contributed by atoms with E-state index in [9.17, 15) is 13.2 Å². The zero-order valence-electron chi connectivity index (χ0n) is 17.7. The van der Waals surface area contributed by atoms with E-state index in [0.717, 1.165) is 31.2 Å². The summed E-state index contributed by atoms with van der Waals surface area (Å²) in [5.41, 5.74) is 0.521. The van der Waals surface area contributed by atoms with E-state index in [2.05, 4.69) is 17.5 Å². The third kappa shape index (κ3) is 7.59. The predicted molar refractivity (Wildman–Crippen MR) is 117 cm³/mol. The van der Waals surface area contributed by atoms with Gasteiger partial charge in [-0.25, -0.2) is 0 Å². The van der Waals surface area contributed by atoms with Crippen LogP contribution in [-0.2, 0) is 14.9 Å². The molecular weight excluding hydrogens is 380 g/mol. The highest BCUT2D eigenvalue weighted by molar-refractivity contribution is 8.32. The maximum absolute atomic E-state index is 13.1. The topological polar surface area (TPSA) is 64.0 Å². The standard InChI is InChI=1S/C21H36O4S2/c1-7-9-15-26(16-10-8-2,17-20(22)21(4,5)6)25-27(23,24)19-13-11-18(3)12-14-19/h11-14H,7-10,15-17H2,1-6H3/p+1. The molecule has 1 rings (SSSR count). The molecule has 0 aliphatic carbocycles. The summed E-state index contributed by atoms with van der Waals surface area (Å²) in [5, 5.41) is 0. The Kier molecular flexibility index (Phi) is 9.03. The molecule has 0 saturated heterocycles. The van der Waals surface area contributed by atoms with Crippen LogP contribution in [0.4, 0.5) is 0 Å². The first kappa shape index (κ1) is 24.2. The van der Waals surface area contributed by atoms with Crippen LogP contribution >= 0.6 is 10.3 Å². The summed E-state index contributed by atoms with van der Waals surface area (Å²) in [5.74, 6) is 1.78. The molecule has 0 radical (unpaired) electrons. The number of carbonyl (C=O) groups excluding carboxylic acids is 1. The molecule has 1 N–H and O–H groups in total. The summed E-state index contributed by atoms with van der Waals surface area (Å²) in [7, 11) is -5.71. The lowest BCUT2D eigenvalue weighted by Crippen LogP contribution is -2.33. The lowest BCUT2D eigenvalue weighted by molar-refractivity contribution is -0.123. The molecule has 4 nitrogen and oxygen atoms in total. The van der Waals surface area contributed by atoms with Crippen molar-refractivity contribution in [2.75, 3.05) is 17.3 Å². The van der Waals surface area contributed by atoms with Crippen LogP contribution in [0.3, 0.4) is 0 Å². The Morgan fingerprint density at radius 3 is 1.85 bits per heavy atom. The van der Waals surface area contributed by atoms with Crippen LogP contribution < -0.4 is 0 Å². The number of aryl methyl sites for hydroxylation is 1. The van der Waals surface area contributed by atoms with E-state index in [4.69, 9.17) is 0 Å². The van der Waals surface area contributed by atoms with Gasteiger partial charge in [-0.05, 0) is 42.2 Å². The summed E-state index contributed by atoms with van der Waals surface area (Å²) >= 11 is 0. The van der Waals surface area contributed by atoms with Gasteiger partial charge in [-0.3, -0.25) is 8.42 Å². The second-order valence-electron chi connectivity index (χ2n) is 8.30. The van der Waals surface area contributed by atoms with Crippen molar-refractivity contribution in [3.05, 3.63) is 29.8 Å². The Hall–Kier alpha value is -0.850. The molecule has 6 heteroatoms. The quantitative estimate of drug-likeness (QED) is 0.342. The van der Waals surface area contributed by atoms with E-state index in [0.29, 0.717) is 11.5 Å².